The molecule has 1 amide bonds. The Balaban J connectivity index is 0.00000306. The first-order valence-electron chi connectivity index (χ1n) is 12.2. The largest absolute Gasteiger partial charge is 0.381 e. The van der Waals surface area contributed by atoms with E-state index in [4.69, 9.17) is 4.74 Å². The third kappa shape index (κ3) is 6.59. The Morgan fingerprint density at radius 2 is 1.97 bits per heavy atom. The van der Waals surface area contributed by atoms with Gasteiger partial charge >= 0.3 is 0 Å². The van der Waals surface area contributed by atoms with Gasteiger partial charge in [0.1, 0.15) is 5.82 Å². The second kappa shape index (κ2) is 12.3. The molecule has 184 valence electrons. The highest BCUT2D eigenvalue weighted by Crippen LogP contribution is 2.34. The Labute approximate surface area is 214 Å². The minimum absolute atomic E-state index is 0. The molecule has 6 nitrogen and oxygen atoms in total. The minimum atomic E-state index is -0.204. The maximum Gasteiger partial charge on any atom is 0.225 e. The molecule has 0 spiro atoms. The molecule has 2 N–H and O–H groups in total. The van der Waals surface area contributed by atoms with E-state index in [9.17, 15) is 9.18 Å². The summed E-state index contributed by atoms with van der Waals surface area (Å²) in [4.78, 5) is 19.3. The number of carbonyl (C=O) groups excluding carboxylic acids is 1. The summed E-state index contributed by atoms with van der Waals surface area (Å²) in [6.07, 6.45) is 8.33. The summed E-state index contributed by atoms with van der Waals surface area (Å²) in [6, 6.07) is 7.14. The predicted molar refractivity (Wildman–Crippen MR) is 140 cm³/mol. The van der Waals surface area contributed by atoms with Gasteiger partial charge in [-0.15, -0.1) is 24.0 Å². The van der Waals surface area contributed by atoms with Crippen LogP contribution in [0.4, 0.5) is 4.39 Å². The molecule has 3 fully saturated rings. The van der Waals surface area contributed by atoms with Crippen molar-refractivity contribution < 1.29 is 13.9 Å². The van der Waals surface area contributed by atoms with Gasteiger partial charge in [0.25, 0.3) is 0 Å². The molecule has 1 aliphatic carbocycles. The number of halogens is 2. The number of nitrogens with zero attached hydrogens (tertiary/aromatic N) is 2. The van der Waals surface area contributed by atoms with Crippen LogP contribution in [0, 0.1) is 11.7 Å². The lowest BCUT2D eigenvalue weighted by Crippen LogP contribution is -2.50. The van der Waals surface area contributed by atoms with Gasteiger partial charge in [-0.3, -0.25) is 9.79 Å². The van der Waals surface area contributed by atoms with Crippen LogP contribution in [0.5, 0.6) is 0 Å². The standard InChI is InChI=1S/C25H37FN4O2.HI/c1-27-24(29-22-10-13-30(17-22)23(31)19-6-3-2-4-7-19)28-18-25(11-14-32-15-12-25)20-8-5-9-21(26)16-20;/h5,8-9,16,19,22H,2-4,6-7,10-15,17-18H2,1H3,(H2,27,28,29);1H. The molecular formula is C25H38FIN4O2. The number of hydrogen-bond acceptors (Lipinski definition) is 3. The summed E-state index contributed by atoms with van der Waals surface area (Å²) >= 11 is 0. The third-order valence-electron chi connectivity index (χ3n) is 7.50. The fourth-order valence-corrected chi connectivity index (χ4v) is 5.47. The molecule has 1 aromatic rings. The number of hydrogen-bond donors (Lipinski definition) is 2. The van der Waals surface area contributed by atoms with Crippen molar-refractivity contribution in [1.29, 1.82) is 0 Å². The maximum absolute atomic E-state index is 13.9. The van der Waals surface area contributed by atoms with E-state index in [-0.39, 0.29) is 47.2 Å². The fraction of sp³-hybridized carbons (Fsp3) is 0.680. The maximum atomic E-state index is 13.9. The van der Waals surface area contributed by atoms with Gasteiger partial charge in [-0.05, 0) is 49.8 Å². The molecule has 1 aromatic carbocycles. The number of nitrogens with one attached hydrogen (secondary N) is 2. The van der Waals surface area contributed by atoms with Crippen molar-refractivity contribution in [1.82, 2.24) is 15.5 Å². The van der Waals surface area contributed by atoms with Gasteiger partial charge in [-0.1, -0.05) is 31.4 Å². The Kier molecular flexibility index (Phi) is 9.79. The van der Waals surface area contributed by atoms with Gasteiger partial charge < -0.3 is 20.3 Å². The summed E-state index contributed by atoms with van der Waals surface area (Å²) in [7, 11) is 1.77. The van der Waals surface area contributed by atoms with Crippen LogP contribution in [0.25, 0.3) is 0 Å². The van der Waals surface area contributed by atoms with E-state index in [0.717, 1.165) is 56.7 Å². The molecular weight excluding hydrogens is 534 g/mol. The first-order chi connectivity index (χ1) is 15.6. The van der Waals surface area contributed by atoms with Gasteiger partial charge in [0, 0.05) is 57.3 Å². The van der Waals surface area contributed by atoms with E-state index in [2.05, 4.69) is 15.6 Å². The fourth-order valence-electron chi connectivity index (χ4n) is 5.47. The topological polar surface area (TPSA) is 66.0 Å². The molecule has 2 heterocycles. The summed E-state index contributed by atoms with van der Waals surface area (Å²) in [6.45, 7) is 3.56. The van der Waals surface area contributed by atoms with E-state index >= 15 is 0 Å². The zero-order valence-electron chi connectivity index (χ0n) is 19.7. The number of likely N-dealkylation sites (tertiary alicyclic amines) is 1. The van der Waals surface area contributed by atoms with Crippen LogP contribution in [0.3, 0.4) is 0 Å². The molecule has 33 heavy (non-hydrogen) atoms. The molecule has 3 aliphatic rings. The number of rotatable bonds is 5. The van der Waals surface area contributed by atoms with Crippen molar-refractivity contribution in [2.45, 2.75) is 62.8 Å². The van der Waals surface area contributed by atoms with Gasteiger partial charge in [0.05, 0.1) is 0 Å². The molecule has 0 radical (unpaired) electrons. The zero-order chi connectivity index (χ0) is 22.4. The summed E-state index contributed by atoms with van der Waals surface area (Å²) in [5.41, 5.74) is 0.824. The third-order valence-corrected chi connectivity index (χ3v) is 7.50. The Hall–Kier alpha value is -1.42. The van der Waals surface area contributed by atoms with Gasteiger partial charge in [0.15, 0.2) is 5.96 Å². The highest BCUT2D eigenvalue weighted by Gasteiger charge is 2.36. The van der Waals surface area contributed by atoms with E-state index in [1.54, 1.807) is 19.2 Å². The van der Waals surface area contributed by atoms with E-state index in [1.165, 1.54) is 25.3 Å². The number of ether oxygens (including phenoxy) is 1. The predicted octanol–water partition coefficient (Wildman–Crippen LogP) is 3.84. The van der Waals surface area contributed by atoms with Gasteiger partial charge in [0.2, 0.25) is 5.91 Å². The van der Waals surface area contributed by atoms with Crippen LogP contribution in [-0.4, -0.2) is 62.7 Å². The van der Waals surface area contributed by atoms with Crippen LogP contribution in [0.1, 0.15) is 56.9 Å². The number of amides is 1. The van der Waals surface area contributed by atoms with Crippen molar-refractivity contribution in [3.05, 3.63) is 35.6 Å². The molecule has 2 aliphatic heterocycles. The zero-order valence-corrected chi connectivity index (χ0v) is 22.0. The summed E-state index contributed by atoms with van der Waals surface area (Å²) in [5, 5.41) is 7.00. The lowest BCUT2D eigenvalue weighted by atomic mass is 9.74. The van der Waals surface area contributed by atoms with Gasteiger partial charge in [-0.25, -0.2) is 4.39 Å². The number of aliphatic imine (C=N–C) groups is 1. The van der Waals surface area contributed by atoms with Crippen LogP contribution in [0.15, 0.2) is 29.3 Å². The van der Waals surface area contributed by atoms with Crippen LogP contribution < -0.4 is 10.6 Å². The normalized spacial score (nSPS) is 23.6. The number of guanidine groups is 1. The smallest absolute Gasteiger partial charge is 0.225 e. The van der Waals surface area contributed by atoms with Crippen molar-refractivity contribution in [3.8, 4) is 0 Å². The molecule has 1 unspecified atom stereocenters. The van der Waals surface area contributed by atoms with Crippen molar-refractivity contribution in [2.24, 2.45) is 10.9 Å². The van der Waals surface area contributed by atoms with E-state index < -0.39 is 0 Å². The first kappa shape index (κ1) is 26.2. The van der Waals surface area contributed by atoms with Crippen LogP contribution >= 0.6 is 24.0 Å². The quantitative estimate of drug-likeness (QED) is 0.320. The van der Waals surface area contributed by atoms with E-state index in [1.807, 2.05) is 11.0 Å². The molecule has 8 heteroatoms. The number of benzene rings is 1. The Morgan fingerprint density at radius 1 is 1.21 bits per heavy atom. The SMILES string of the molecule is CN=C(NCC1(c2cccc(F)c2)CCOCC1)NC1CCN(C(=O)C2CCCCC2)C1.I. The highest BCUT2D eigenvalue weighted by atomic mass is 127. The summed E-state index contributed by atoms with van der Waals surface area (Å²) in [5.74, 6) is 1.09. The molecule has 4 rings (SSSR count). The second-order valence-electron chi connectivity index (χ2n) is 9.58. The second-order valence-corrected chi connectivity index (χ2v) is 9.58. The average Bonchev–Trinajstić information content (AvgIpc) is 3.31. The molecule has 0 aromatic heterocycles. The minimum Gasteiger partial charge on any atom is -0.381 e. The monoisotopic (exact) mass is 572 g/mol. The Bertz CT molecular complexity index is 809. The van der Waals surface area contributed by atoms with Gasteiger partial charge in [-0.2, -0.15) is 0 Å². The molecule has 1 saturated carbocycles. The highest BCUT2D eigenvalue weighted by molar-refractivity contribution is 14.0. The lowest BCUT2D eigenvalue weighted by Gasteiger charge is -2.38. The number of carbonyl (C=O) groups is 1. The molecule has 1 atom stereocenters. The average molecular weight is 573 g/mol. The van der Waals surface area contributed by atoms with Crippen LogP contribution in [-0.2, 0) is 14.9 Å². The lowest BCUT2D eigenvalue weighted by molar-refractivity contribution is -0.135. The Morgan fingerprint density at radius 3 is 2.67 bits per heavy atom. The van der Waals surface area contributed by atoms with Crippen molar-refractivity contribution in [3.63, 3.8) is 0 Å². The van der Waals surface area contributed by atoms with Crippen LogP contribution in [0.2, 0.25) is 0 Å². The van der Waals surface area contributed by atoms with Crippen molar-refractivity contribution >= 4 is 35.8 Å². The molecule has 0 bridgehead atoms. The molecule has 2 saturated heterocycles. The van der Waals surface area contributed by atoms with E-state index in [0.29, 0.717) is 25.7 Å². The first-order valence-corrected chi connectivity index (χ1v) is 12.2. The van der Waals surface area contributed by atoms with Crippen molar-refractivity contribution in [2.75, 3.05) is 39.9 Å². The summed E-state index contributed by atoms with van der Waals surface area (Å²) < 4.78 is 19.5.